The first-order chi connectivity index (χ1) is 9.45. The van der Waals surface area contributed by atoms with E-state index in [1.807, 2.05) is 6.07 Å². The van der Waals surface area contributed by atoms with Crippen LogP contribution >= 0.6 is 22.9 Å². The zero-order chi connectivity index (χ0) is 14.9. The summed E-state index contributed by atoms with van der Waals surface area (Å²) < 4.78 is 14.0. The van der Waals surface area contributed by atoms with E-state index in [4.69, 9.17) is 11.6 Å². The van der Waals surface area contributed by atoms with Crippen molar-refractivity contribution in [3.05, 3.63) is 50.2 Å². The second-order valence-electron chi connectivity index (χ2n) is 4.22. The van der Waals surface area contributed by atoms with Gasteiger partial charge in [-0.2, -0.15) is 5.26 Å². The van der Waals surface area contributed by atoms with Gasteiger partial charge in [-0.3, -0.25) is 4.79 Å². The summed E-state index contributed by atoms with van der Waals surface area (Å²) in [7, 11) is 0. The number of nitrogens with zero attached hydrogens (tertiary/aromatic N) is 2. The van der Waals surface area contributed by atoms with Gasteiger partial charge in [0.1, 0.15) is 11.7 Å². The van der Waals surface area contributed by atoms with Crippen LogP contribution < -0.4 is 0 Å². The lowest BCUT2D eigenvalue weighted by Crippen LogP contribution is -2.12. The minimum absolute atomic E-state index is 0.00421. The first-order valence-corrected chi connectivity index (χ1v) is 6.97. The third kappa shape index (κ3) is 2.58. The molecule has 0 bridgehead atoms. The fourth-order valence-electron chi connectivity index (χ4n) is 1.90. The fraction of sp³-hybridized carbons (Fsp3) is 0.214. The van der Waals surface area contributed by atoms with Crippen LogP contribution in [-0.4, -0.2) is 10.8 Å². The Morgan fingerprint density at radius 1 is 1.50 bits per heavy atom. The SMILES string of the molecule is Cc1nc(C)c(C(=O)C(C#N)c2cccc(Cl)c2F)s1. The summed E-state index contributed by atoms with van der Waals surface area (Å²) in [6.45, 7) is 3.47. The molecule has 0 amide bonds. The van der Waals surface area contributed by atoms with Gasteiger partial charge < -0.3 is 0 Å². The number of thiazole rings is 1. The maximum Gasteiger partial charge on any atom is 0.196 e. The summed E-state index contributed by atoms with van der Waals surface area (Å²) >= 11 is 6.90. The number of aryl methyl sites for hydroxylation is 2. The van der Waals surface area contributed by atoms with Gasteiger partial charge in [0.2, 0.25) is 0 Å². The molecule has 0 aliphatic rings. The number of nitriles is 1. The molecule has 1 atom stereocenters. The number of hydrogen-bond acceptors (Lipinski definition) is 4. The molecule has 0 radical (unpaired) electrons. The number of rotatable bonds is 3. The maximum absolute atomic E-state index is 14.0. The van der Waals surface area contributed by atoms with Crippen molar-refractivity contribution in [1.82, 2.24) is 4.98 Å². The highest BCUT2D eigenvalue weighted by molar-refractivity contribution is 7.13. The molecule has 0 saturated carbocycles. The topological polar surface area (TPSA) is 53.8 Å². The van der Waals surface area contributed by atoms with E-state index in [9.17, 15) is 14.4 Å². The molecule has 1 heterocycles. The zero-order valence-electron chi connectivity index (χ0n) is 10.8. The van der Waals surface area contributed by atoms with Gasteiger partial charge in [-0.1, -0.05) is 23.7 Å². The first-order valence-electron chi connectivity index (χ1n) is 5.77. The summed E-state index contributed by atoms with van der Waals surface area (Å²) in [6, 6.07) is 6.14. The molecule has 0 aliphatic carbocycles. The molecule has 2 rings (SSSR count). The highest BCUT2D eigenvalue weighted by Gasteiger charge is 2.28. The first kappa shape index (κ1) is 14.6. The van der Waals surface area contributed by atoms with E-state index < -0.39 is 17.5 Å². The summed E-state index contributed by atoms with van der Waals surface area (Å²) in [5, 5.41) is 9.85. The lowest BCUT2D eigenvalue weighted by Gasteiger charge is -2.09. The monoisotopic (exact) mass is 308 g/mol. The van der Waals surface area contributed by atoms with E-state index in [0.29, 0.717) is 10.6 Å². The number of halogens is 2. The van der Waals surface area contributed by atoms with E-state index >= 15 is 0 Å². The van der Waals surface area contributed by atoms with E-state index in [-0.39, 0.29) is 10.6 Å². The second kappa shape index (κ2) is 5.70. The molecule has 20 heavy (non-hydrogen) atoms. The lowest BCUT2D eigenvalue weighted by molar-refractivity contribution is 0.0980. The minimum atomic E-state index is -1.22. The molecule has 2 aromatic rings. The molecule has 0 N–H and O–H groups in total. The van der Waals surface area contributed by atoms with Crippen molar-refractivity contribution in [2.24, 2.45) is 0 Å². The van der Waals surface area contributed by atoms with Crippen molar-refractivity contribution in [2.75, 3.05) is 0 Å². The number of aromatic nitrogens is 1. The second-order valence-corrected chi connectivity index (χ2v) is 5.83. The Labute approximate surface area is 124 Å². The summed E-state index contributed by atoms with van der Waals surface area (Å²) in [5.41, 5.74) is 0.552. The van der Waals surface area contributed by atoms with E-state index in [2.05, 4.69) is 4.98 Å². The fourth-order valence-corrected chi connectivity index (χ4v) is 2.98. The number of benzene rings is 1. The van der Waals surface area contributed by atoms with Crippen molar-refractivity contribution >= 4 is 28.7 Å². The highest BCUT2D eigenvalue weighted by Crippen LogP contribution is 2.30. The normalized spacial score (nSPS) is 11.9. The van der Waals surface area contributed by atoms with Crippen LogP contribution in [0.15, 0.2) is 18.2 Å². The lowest BCUT2D eigenvalue weighted by atomic mass is 9.94. The molecule has 0 aliphatic heterocycles. The molecule has 6 heteroatoms. The average molecular weight is 309 g/mol. The Bertz CT molecular complexity index is 720. The largest absolute Gasteiger partial charge is 0.291 e. The Morgan fingerprint density at radius 3 is 2.75 bits per heavy atom. The predicted molar refractivity (Wildman–Crippen MR) is 75.7 cm³/mol. The standard InChI is InChI=1S/C14H10ClFN2OS/c1-7-14(20-8(2)18-7)13(19)10(6-17)9-4-3-5-11(15)12(9)16/h3-5,10H,1-2H3. The number of carbonyl (C=O) groups is 1. The number of ketones is 1. The molecule has 0 spiro atoms. The van der Waals surface area contributed by atoms with E-state index in [1.54, 1.807) is 13.8 Å². The highest BCUT2D eigenvalue weighted by atomic mass is 35.5. The molecule has 102 valence electrons. The quantitative estimate of drug-likeness (QED) is 0.804. The molecule has 1 aromatic heterocycles. The van der Waals surface area contributed by atoms with Gasteiger partial charge in [-0.05, 0) is 19.9 Å². The minimum Gasteiger partial charge on any atom is -0.291 e. The van der Waals surface area contributed by atoms with Crippen LogP contribution in [0.25, 0.3) is 0 Å². The van der Waals surface area contributed by atoms with Crippen molar-refractivity contribution < 1.29 is 9.18 Å². The Hall–Kier alpha value is -1.77. The van der Waals surface area contributed by atoms with E-state index in [1.165, 1.54) is 29.5 Å². The third-order valence-electron chi connectivity index (χ3n) is 2.81. The van der Waals surface area contributed by atoms with Crippen LogP contribution in [0.4, 0.5) is 4.39 Å². The van der Waals surface area contributed by atoms with Gasteiger partial charge in [0.25, 0.3) is 0 Å². The van der Waals surface area contributed by atoms with Gasteiger partial charge in [0, 0.05) is 5.56 Å². The summed E-state index contributed by atoms with van der Waals surface area (Å²) in [6.07, 6.45) is 0. The Balaban J connectivity index is 2.48. The number of carbonyl (C=O) groups excluding carboxylic acids is 1. The molecular formula is C14H10ClFN2OS. The van der Waals surface area contributed by atoms with Crippen LogP contribution in [0.2, 0.25) is 5.02 Å². The average Bonchev–Trinajstić information content (AvgIpc) is 2.74. The Morgan fingerprint density at radius 2 is 2.20 bits per heavy atom. The van der Waals surface area contributed by atoms with Crippen molar-refractivity contribution in [3.63, 3.8) is 0 Å². The van der Waals surface area contributed by atoms with Gasteiger partial charge in [-0.15, -0.1) is 11.3 Å². The van der Waals surface area contributed by atoms with Crippen molar-refractivity contribution in [1.29, 1.82) is 5.26 Å². The Kier molecular flexibility index (Phi) is 4.17. The zero-order valence-corrected chi connectivity index (χ0v) is 12.3. The molecule has 0 saturated heterocycles. The summed E-state index contributed by atoms with van der Waals surface area (Å²) in [5.74, 6) is -2.39. The van der Waals surface area contributed by atoms with Crippen LogP contribution in [0.5, 0.6) is 0 Å². The van der Waals surface area contributed by atoms with Crippen LogP contribution in [0, 0.1) is 31.0 Å². The van der Waals surface area contributed by atoms with Gasteiger partial charge in [0.15, 0.2) is 5.78 Å². The third-order valence-corrected chi connectivity index (χ3v) is 4.19. The van der Waals surface area contributed by atoms with Crippen LogP contribution in [0.1, 0.15) is 31.9 Å². The molecular weight excluding hydrogens is 299 g/mol. The molecule has 3 nitrogen and oxygen atoms in total. The predicted octanol–water partition coefficient (Wildman–Crippen LogP) is 4.04. The molecule has 1 aromatic carbocycles. The van der Waals surface area contributed by atoms with Crippen LogP contribution in [-0.2, 0) is 0 Å². The number of Topliss-reactive ketones (excluding diaryl/α,β-unsaturated/α-hetero) is 1. The van der Waals surface area contributed by atoms with Crippen molar-refractivity contribution in [2.45, 2.75) is 19.8 Å². The van der Waals surface area contributed by atoms with Gasteiger partial charge in [0.05, 0.1) is 26.7 Å². The molecule has 0 fully saturated rings. The van der Waals surface area contributed by atoms with Gasteiger partial charge in [-0.25, -0.2) is 9.37 Å². The number of hydrogen-bond donors (Lipinski definition) is 0. The maximum atomic E-state index is 14.0. The van der Waals surface area contributed by atoms with E-state index in [0.717, 1.165) is 5.01 Å². The smallest absolute Gasteiger partial charge is 0.196 e. The van der Waals surface area contributed by atoms with Gasteiger partial charge >= 0.3 is 0 Å². The van der Waals surface area contributed by atoms with Crippen LogP contribution in [0.3, 0.4) is 0 Å². The van der Waals surface area contributed by atoms with Crippen molar-refractivity contribution in [3.8, 4) is 6.07 Å². The molecule has 1 unspecified atom stereocenters. The summed E-state index contributed by atoms with van der Waals surface area (Å²) in [4.78, 5) is 16.9.